The predicted octanol–water partition coefficient (Wildman–Crippen LogP) is 2.31. The highest BCUT2D eigenvalue weighted by molar-refractivity contribution is 9.10. The molecule has 0 aromatic heterocycles. The lowest BCUT2D eigenvalue weighted by Gasteiger charge is -2.15. The molecule has 0 heterocycles. The van der Waals surface area contributed by atoms with Gasteiger partial charge in [-0.1, -0.05) is 15.9 Å². The minimum Gasteiger partial charge on any atom is -0.480 e. The molecule has 96 valence electrons. The number of rotatable bonds is 5. The lowest BCUT2D eigenvalue weighted by Crippen LogP contribution is -2.37. The number of benzene rings is 1. The number of halogens is 1. The average Bonchev–Trinajstić information content (AvgIpc) is 3.15. The summed E-state index contributed by atoms with van der Waals surface area (Å²) in [5, 5.41) is 2.86. The van der Waals surface area contributed by atoms with E-state index in [1.54, 1.807) is 25.1 Å². The smallest absolute Gasteiger partial charge is 0.260 e. The highest BCUT2D eigenvalue weighted by Gasteiger charge is 2.26. The van der Waals surface area contributed by atoms with Gasteiger partial charge >= 0.3 is 0 Å². The Labute approximate surface area is 114 Å². The number of hydrogen-bond donors (Lipinski definition) is 1. The number of aldehydes is 1. The highest BCUT2D eigenvalue weighted by atomic mass is 79.9. The fourth-order valence-corrected chi connectivity index (χ4v) is 1.89. The van der Waals surface area contributed by atoms with Gasteiger partial charge in [-0.05, 0) is 38.0 Å². The van der Waals surface area contributed by atoms with E-state index in [2.05, 4.69) is 21.2 Å². The van der Waals surface area contributed by atoms with Crippen LogP contribution >= 0.6 is 15.9 Å². The summed E-state index contributed by atoms with van der Waals surface area (Å²) < 4.78 is 6.32. The Bertz CT molecular complexity index is 471. The molecule has 1 amide bonds. The van der Waals surface area contributed by atoms with E-state index in [1.807, 2.05) is 0 Å². The lowest BCUT2D eigenvalue weighted by atomic mass is 10.2. The second kappa shape index (κ2) is 5.52. The topological polar surface area (TPSA) is 55.4 Å². The molecule has 1 N–H and O–H groups in total. The highest BCUT2D eigenvalue weighted by Crippen LogP contribution is 2.23. The van der Waals surface area contributed by atoms with Crippen LogP contribution in [0.15, 0.2) is 22.7 Å². The Morgan fingerprint density at radius 2 is 2.28 bits per heavy atom. The Hall–Kier alpha value is -1.36. The van der Waals surface area contributed by atoms with Crippen LogP contribution in [0.3, 0.4) is 0 Å². The number of carbonyl (C=O) groups excluding carboxylic acids is 2. The molecule has 18 heavy (non-hydrogen) atoms. The van der Waals surface area contributed by atoms with Crippen molar-refractivity contribution in [3.05, 3.63) is 28.2 Å². The Morgan fingerprint density at radius 1 is 1.56 bits per heavy atom. The molecule has 1 fully saturated rings. The van der Waals surface area contributed by atoms with E-state index in [1.165, 1.54) is 0 Å². The summed E-state index contributed by atoms with van der Waals surface area (Å²) in [6, 6.07) is 5.41. The maximum Gasteiger partial charge on any atom is 0.260 e. The van der Waals surface area contributed by atoms with E-state index in [-0.39, 0.29) is 5.91 Å². The first kappa shape index (κ1) is 13.1. The minimum absolute atomic E-state index is 0.141. The van der Waals surface area contributed by atoms with Crippen molar-refractivity contribution in [1.82, 2.24) is 5.32 Å². The van der Waals surface area contributed by atoms with Crippen LogP contribution in [0.4, 0.5) is 0 Å². The molecule has 0 spiro atoms. The summed E-state index contributed by atoms with van der Waals surface area (Å²) in [5.74, 6) is 0.281. The Kier molecular flexibility index (Phi) is 4.01. The van der Waals surface area contributed by atoms with Gasteiger partial charge in [0.2, 0.25) is 0 Å². The van der Waals surface area contributed by atoms with Gasteiger partial charge in [0.05, 0.1) is 5.56 Å². The van der Waals surface area contributed by atoms with Gasteiger partial charge < -0.3 is 10.1 Å². The van der Waals surface area contributed by atoms with Gasteiger partial charge in [0.15, 0.2) is 12.4 Å². The first-order valence-electron chi connectivity index (χ1n) is 5.82. The molecule has 1 aliphatic rings. The van der Waals surface area contributed by atoms with E-state index in [9.17, 15) is 9.59 Å². The Morgan fingerprint density at radius 3 is 2.89 bits per heavy atom. The summed E-state index contributed by atoms with van der Waals surface area (Å²) in [6.07, 6.45) is 2.18. The van der Waals surface area contributed by atoms with Gasteiger partial charge in [-0.2, -0.15) is 0 Å². The number of amides is 1. The van der Waals surface area contributed by atoms with Crippen molar-refractivity contribution in [3.63, 3.8) is 0 Å². The number of hydrogen-bond acceptors (Lipinski definition) is 3. The van der Waals surface area contributed by atoms with Crippen molar-refractivity contribution >= 4 is 28.1 Å². The van der Waals surface area contributed by atoms with Crippen LogP contribution in [0.5, 0.6) is 5.75 Å². The van der Waals surface area contributed by atoms with Crippen LogP contribution in [0, 0.1) is 0 Å². The average molecular weight is 312 g/mol. The van der Waals surface area contributed by atoms with Crippen LogP contribution in [0.1, 0.15) is 30.1 Å². The molecular formula is C13H14BrNO3. The van der Waals surface area contributed by atoms with Gasteiger partial charge in [-0.3, -0.25) is 9.59 Å². The lowest BCUT2D eigenvalue weighted by molar-refractivity contribution is -0.127. The van der Waals surface area contributed by atoms with Crippen molar-refractivity contribution in [2.75, 3.05) is 0 Å². The van der Waals surface area contributed by atoms with Gasteiger partial charge in [0.1, 0.15) is 5.75 Å². The van der Waals surface area contributed by atoms with E-state index in [0.29, 0.717) is 23.6 Å². The van der Waals surface area contributed by atoms with Crippen LogP contribution < -0.4 is 10.1 Å². The normalized spacial score (nSPS) is 15.9. The van der Waals surface area contributed by atoms with Crippen molar-refractivity contribution in [1.29, 1.82) is 0 Å². The van der Waals surface area contributed by atoms with Crippen molar-refractivity contribution in [2.45, 2.75) is 31.9 Å². The fraction of sp³-hybridized carbons (Fsp3) is 0.385. The van der Waals surface area contributed by atoms with Gasteiger partial charge in [0.25, 0.3) is 5.91 Å². The number of carbonyl (C=O) groups is 2. The fourth-order valence-electron chi connectivity index (χ4n) is 1.51. The quantitative estimate of drug-likeness (QED) is 0.849. The third-order valence-electron chi connectivity index (χ3n) is 2.70. The second-order valence-electron chi connectivity index (χ2n) is 4.34. The zero-order valence-electron chi connectivity index (χ0n) is 9.98. The minimum atomic E-state index is -0.606. The molecule has 0 bridgehead atoms. The molecule has 0 saturated heterocycles. The summed E-state index contributed by atoms with van der Waals surface area (Å²) in [6.45, 7) is 1.67. The number of ether oxygens (including phenoxy) is 1. The third kappa shape index (κ3) is 3.32. The molecule has 1 atom stereocenters. The van der Waals surface area contributed by atoms with Crippen molar-refractivity contribution in [3.8, 4) is 5.75 Å². The van der Waals surface area contributed by atoms with E-state index in [0.717, 1.165) is 17.3 Å². The maximum absolute atomic E-state index is 11.7. The zero-order valence-corrected chi connectivity index (χ0v) is 11.6. The predicted molar refractivity (Wildman–Crippen MR) is 70.8 cm³/mol. The molecule has 0 unspecified atom stereocenters. The third-order valence-corrected chi connectivity index (χ3v) is 3.19. The van der Waals surface area contributed by atoms with Gasteiger partial charge in [-0.15, -0.1) is 0 Å². The van der Waals surface area contributed by atoms with E-state index >= 15 is 0 Å². The monoisotopic (exact) mass is 311 g/mol. The molecule has 1 aromatic carbocycles. The van der Waals surface area contributed by atoms with Gasteiger partial charge in [-0.25, -0.2) is 0 Å². The molecular weight excluding hydrogens is 298 g/mol. The first-order chi connectivity index (χ1) is 8.60. The van der Waals surface area contributed by atoms with E-state index < -0.39 is 6.10 Å². The van der Waals surface area contributed by atoms with Gasteiger partial charge in [0, 0.05) is 10.5 Å². The van der Waals surface area contributed by atoms with Crippen molar-refractivity contribution < 1.29 is 14.3 Å². The second-order valence-corrected chi connectivity index (χ2v) is 5.26. The molecule has 1 aromatic rings. The zero-order chi connectivity index (χ0) is 13.1. The SMILES string of the molecule is C[C@@H](Oc1ccc(Br)cc1C=O)C(=O)NC1CC1. The molecule has 4 nitrogen and oxygen atoms in total. The summed E-state index contributed by atoms with van der Waals surface area (Å²) >= 11 is 3.28. The van der Waals surface area contributed by atoms with Crippen LogP contribution in [-0.2, 0) is 4.79 Å². The first-order valence-corrected chi connectivity index (χ1v) is 6.61. The largest absolute Gasteiger partial charge is 0.480 e. The van der Waals surface area contributed by atoms with Crippen LogP contribution in [-0.4, -0.2) is 24.3 Å². The summed E-state index contributed by atoms with van der Waals surface area (Å²) in [5.41, 5.74) is 0.426. The molecule has 1 saturated carbocycles. The maximum atomic E-state index is 11.7. The number of nitrogens with one attached hydrogen (secondary N) is 1. The van der Waals surface area contributed by atoms with Crippen LogP contribution in [0.2, 0.25) is 0 Å². The summed E-state index contributed by atoms with van der Waals surface area (Å²) in [7, 11) is 0. The standard InChI is InChI=1S/C13H14BrNO3/c1-8(13(17)15-11-3-4-11)18-12-5-2-10(14)6-9(12)7-16/h2,5-8,11H,3-4H2,1H3,(H,15,17)/t8-/m1/s1. The molecule has 5 heteroatoms. The Balaban J connectivity index is 2.03. The molecule has 2 rings (SSSR count). The molecule has 0 radical (unpaired) electrons. The van der Waals surface area contributed by atoms with Crippen molar-refractivity contribution in [2.24, 2.45) is 0 Å². The summed E-state index contributed by atoms with van der Waals surface area (Å²) in [4.78, 5) is 22.6. The van der Waals surface area contributed by atoms with Crippen LogP contribution in [0.25, 0.3) is 0 Å². The molecule has 1 aliphatic carbocycles. The van der Waals surface area contributed by atoms with E-state index in [4.69, 9.17) is 4.74 Å². The molecule has 0 aliphatic heterocycles.